The van der Waals surface area contributed by atoms with E-state index in [1.165, 1.54) is 24.3 Å². The average Bonchev–Trinajstić information content (AvgIpc) is 2.33. The van der Waals surface area contributed by atoms with Crippen LogP contribution in [0, 0.1) is 11.6 Å². The first-order chi connectivity index (χ1) is 8.88. The molecular formula is C14H9Br3F2. The number of halogens is 5. The molecule has 0 unspecified atom stereocenters. The third-order valence-electron chi connectivity index (χ3n) is 2.73. The van der Waals surface area contributed by atoms with E-state index in [4.69, 9.17) is 0 Å². The number of benzene rings is 2. The molecule has 0 fully saturated rings. The quantitative estimate of drug-likeness (QED) is 0.493. The summed E-state index contributed by atoms with van der Waals surface area (Å²) in [7, 11) is 0. The molecule has 2 rings (SSSR count). The summed E-state index contributed by atoms with van der Waals surface area (Å²) >= 11 is 10.5. The maximum absolute atomic E-state index is 13.0. The molecule has 0 radical (unpaired) electrons. The minimum Gasteiger partial charge on any atom is -0.207 e. The van der Waals surface area contributed by atoms with E-state index in [0.29, 0.717) is 0 Å². The molecule has 0 heterocycles. The van der Waals surface area contributed by atoms with Crippen LogP contribution in [0.15, 0.2) is 48.5 Å². The van der Waals surface area contributed by atoms with Crippen LogP contribution in [0.2, 0.25) is 0 Å². The topological polar surface area (TPSA) is 0 Å². The van der Waals surface area contributed by atoms with Crippen molar-refractivity contribution in [1.82, 2.24) is 0 Å². The van der Waals surface area contributed by atoms with Gasteiger partial charge in [-0.1, -0.05) is 72.1 Å². The minimum atomic E-state index is -0.595. The highest BCUT2D eigenvalue weighted by Gasteiger charge is 2.33. The van der Waals surface area contributed by atoms with E-state index in [-0.39, 0.29) is 17.6 Å². The lowest BCUT2D eigenvalue weighted by Gasteiger charge is -2.26. The summed E-state index contributed by atoms with van der Waals surface area (Å²) in [5.41, 5.74) is 1.80. The summed E-state index contributed by atoms with van der Waals surface area (Å²) in [6.45, 7) is 0. The molecule has 2 aromatic carbocycles. The Morgan fingerprint density at radius 2 is 1.00 bits per heavy atom. The largest absolute Gasteiger partial charge is 0.207 e. The fourth-order valence-corrected chi connectivity index (χ4v) is 3.47. The summed E-state index contributed by atoms with van der Waals surface area (Å²) < 4.78 is 25.4. The van der Waals surface area contributed by atoms with Crippen LogP contribution in [0.1, 0.15) is 17.0 Å². The molecule has 0 amide bonds. The van der Waals surface area contributed by atoms with E-state index in [2.05, 4.69) is 47.8 Å². The van der Waals surface area contributed by atoms with Gasteiger partial charge in [0.1, 0.15) is 13.8 Å². The number of hydrogen-bond donors (Lipinski definition) is 0. The van der Waals surface area contributed by atoms with Crippen molar-refractivity contribution >= 4 is 47.8 Å². The van der Waals surface area contributed by atoms with Crippen molar-refractivity contribution < 1.29 is 8.78 Å². The summed E-state index contributed by atoms with van der Waals surface area (Å²) in [6.07, 6.45) is 0. The van der Waals surface area contributed by atoms with Crippen molar-refractivity contribution in [2.24, 2.45) is 0 Å². The van der Waals surface area contributed by atoms with Crippen molar-refractivity contribution in [3.05, 3.63) is 71.3 Å². The fourth-order valence-electron chi connectivity index (χ4n) is 1.88. The normalized spacial score (nSPS) is 11.9. The van der Waals surface area contributed by atoms with Gasteiger partial charge in [0, 0.05) is 5.92 Å². The van der Waals surface area contributed by atoms with Crippen LogP contribution in [0.25, 0.3) is 0 Å². The Balaban J connectivity index is 2.47. The first-order valence-electron chi connectivity index (χ1n) is 5.45. The number of hydrogen-bond acceptors (Lipinski definition) is 0. The zero-order chi connectivity index (χ0) is 14.0. The zero-order valence-corrected chi connectivity index (χ0v) is 14.3. The van der Waals surface area contributed by atoms with Crippen molar-refractivity contribution in [1.29, 1.82) is 0 Å². The first kappa shape index (κ1) is 15.1. The molecule has 0 aliphatic rings. The lowest BCUT2D eigenvalue weighted by Crippen LogP contribution is -2.16. The van der Waals surface area contributed by atoms with Crippen LogP contribution in [0.4, 0.5) is 8.78 Å². The average molecular weight is 455 g/mol. The standard InChI is InChI=1S/C14H9Br3F2/c15-14(16,17)13(9-1-5-11(18)6-2-9)10-3-7-12(19)8-4-10/h1-8,13H. The highest BCUT2D eigenvalue weighted by atomic mass is 80.0. The third-order valence-corrected chi connectivity index (χ3v) is 4.11. The maximum Gasteiger partial charge on any atom is 0.145 e. The molecule has 0 aromatic heterocycles. The van der Waals surface area contributed by atoms with Crippen LogP contribution in [0.3, 0.4) is 0 Å². The Morgan fingerprint density at radius 3 is 1.26 bits per heavy atom. The van der Waals surface area contributed by atoms with Gasteiger partial charge in [-0.3, -0.25) is 0 Å². The molecule has 19 heavy (non-hydrogen) atoms. The van der Waals surface area contributed by atoms with Gasteiger partial charge >= 0.3 is 0 Å². The Kier molecular flexibility index (Phi) is 4.79. The molecule has 0 spiro atoms. The van der Waals surface area contributed by atoms with Gasteiger partial charge in [0.25, 0.3) is 0 Å². The van der Waals surface area contributed by atoms with Crippen LogP contribution >= 0.6 is 47.8 Å². The van der Waals surface area contributed by atoms with Gasteiger partial charge in [-0.05, 0) is 35.4 Å². The molecule has 0 saturated carbocycles. The van der Waals surface area contributed by atoms with Crippen molar-refractivity contribution in [2.45, 2.75) is 8.06 Å². The fraction of sp³-hybridized carbons (Fsp3) is 0.143. The Labute approximate surface area is 135 Å². The second-order valence-electron chi connectivity index (χ2n) is 4.08. The van der Waals surface area contributed by atoms with E-state index < -0.39 is 2.14 Å². The summed E-state index contributed by atoms with van der Waals surface area (Å²) in [5.74, 6) is -0.717. The molecular weight excluding hydrogens is 446 g/mol. The van der Waals surface area contributed by atoms with Crippen LogP contribution in [-0.2, 0) is 0 Å². The van der Waals surface area contributed by atoms with Gasteiger partial charge in [-0.2, -0.15) is 0 Å². The zero-order valence-electron chi connectivity index (χ0n) is 9.59. The Hall–Kier alpha value is -0.260. The summed E-state index contributed by atoms with van der Waals surface area (Å²) in [6, 6.07) is 12.5. The van der Waals surface area contributed by atoms with Crippen LogP contribution < -0.4 is 0 Å². The molecule has 0 saturated heterocycles. The maximum atomic E-state index is 13.0. The molecule has 0 atom stereocenters. The highest BCUT2D eigenvalue weighted by Crippen LogP contribution is 2.49. The van der Waals surface area contributed by atoms with Crippen molar-refractivity contribution in [3.8, 4) is 0 Å². The molecule has 0 aliphatic heterocycles. The smallest absolute Gasteiger partial charge is 0.145 e. The Bertz CT molecular complexity index is 499. The van der Waals surface area contributed by atoms with Gasteiger partial charge in [0.05, 0.1) is 0 Å². The lowest BCUT2D eigenvalue weighted by molar-refractivity contribution is 0.625. The monoisotopic (exact) mass is 452 g/mol. The summed E-state index contributed by atoms with van der Waals surface area (Å²) in [4.78, 5) is 0. The second-order valence-corrected chi connectivity index (χ2v) is 11.0. The van der Waals surface area contributed by atoms with Gasteiger partial charge < -0.3 is 0 Å². The molecule has 0 bridgehead atoms. The highest BCUT2D eigenvalue weighted by molar-refractivity contribution is 9.39. The van der Waals surface area contributed by atoms with Crippen molar-refractivity contribution in [3.63, 3.8) is 0 Å². The molecule has 0 N–H and O–H groups in total. The van der Waals surface area contributed by atoms with Crippen molar-refractivity contribution in [2.75, 3.05) is 0 Å². The van der Waals surface area contributed by atoms with Crippen LogP contribution in [-0.4, -0.2) is 2.14 Å². The van der Waals surface area contributed by atoms with Crippen LogP contribution in [0.5, 0.6) is 0 Å². The van der Waals surface area contributed by atoms with E-state index in [1.807, 2.05) is 0 Å². The molecule has 100 valence electrons. The van der Waals surface area contributed by atoms with Gasteiger partial charge in [0.2, 0.25) is 0 Å². The van der Waals surface area contributed by atoms with E-state index in [9.17, 15) is 8.78 Å². The van der Waals surface area contributed by atoms with Gasteiger partial charge in [-0.25, -0.2) is 8.78 Å². The molecule has 0 aliphatic carbocycles. The number of alkyl halides is 3. The van der Waals surface area contributed by atoms with Gasteiger partial charge in [0.15, 0.2) is 0 Å². The van der Waals surface area contributed by atoms with E-state index in [1.54, 1.807) is 24.3 Å². The minimum absolute atomic E-state index is 0.145. The van der Waals surface area contributed by atoms with E-state index in [0.717, 1.165) is 11.1 Å². The summed E-state index contributed by atoms with van der Waals surface area (Å²) in [5, 5.41) is 0. The van der Waals surface area contributed by atoms with E-state index >= 15 is 0 Å². The predicted molar refractivity (Wildman–Crippen MR) is 84.2 cm³/mol. The predicted octanol–water partition coefficient (Wildman–Crippen LogP) is 5.94. The number of rotatable bonds is 2. The Morgan fingerprint density at radius 1 is 0.684 bits per heavy atom. The molecule has 5 heteroatoms. The second kappa shape index (κ2) is 6.02. The van der Waals surface area contributed by atoms with Gasteiger partial charge in [-0.15, -0.1) is 0 Å². The first-order valence-corrected chi connectivity index (χ1v) is 7.83. The molecule has 0 nitrogen and oxygen atoms in total. The SMILES string of the molecule is Fc1ccc(C(c2ccc(F)cc2)C(Br)(Br)Br)cc1. The molecule has 2 aromatic rings. The lowest BCUT2D eigenvalue weighted by atomic mass is 9.93. The third kappa shape index (κ3) is 3.86.